The molecule has 3 aliphatic rings. The van der Waals surface area contributed by atoms with Crippen LogP contribution in [0.5, 0.6) is 17.2 Å². The number of allylic oxidation sites excluding steroid dienone is 1. The van der Waals surface area contributed by atoms with E-state index in [0.717, 1.165) is 72.3 Å². The summed E-state index contributed by atoms with van der Waals surface area (Å²) in [5.41, 5.74) is 3.57. The first-order valence-electron chi connectivity index (χ1n) is 18.2. The Morgan fingerprint density at radius 1 is 0.980 bits per heavy atom. The summed E-state index contributed by atoms with van der Waals surface area (Å²) < 4.78 is 20.6. The number of fused-ring (bicyclic) bond motifs is 2. The standard InChI is InChI=1S/C42H49NO7S/c1-3-23-47-42-39(51-33-16-6-5-7-17-33)27-37(43-48-4-2)35-25-30(14-8-10-21-44)34(18-9-11-22-45)40(41(35)42)36-26-32(19-20-38(36)50-42)49-31-15-12-13-29(24-31)28-46/h3,5-7,12-13,15-17,19-20,24-26,28,30,34,39-41,44-45H,1,4,8-11,14,18,21-23,27H2,2H3. The lowest BCUT2D eigenvalue weighted by molar-refractivity contribution is -0.223. The number of aldehydes is 1. The van der Waals surface area contributed by atoms with Crippen molar-refractivity contribution in [2.45, 2.75) is 73.7 Å². The second-order valence-corrected chi connectivity index (χ2v) is 14.7. The van der Waals surface area contributed by atoms with Crippen LogP contribution in [0.25, 0.3) is 0 Å². The summed E-state index contributed by atoms with van der Waals surface area (Å²) in [6.07, 6.45) is 10.6. The van der Waals surface area contributed by atoms with Crippen LogP contribution in [-0.2, 0) is 9.57 Å². The molecule has 6 unspecified atom stereocenters. The third-order valence-electron chi connectivity index (χ3n) is 10.2. The van der Waals surface area contributed by atoms with Crippen molar-refractivity contribution in [3.8, 4) is 17.2 Å². The van der Waals surface area contributed by atoms with Crippen LogP contribution in [0.2, 0.25) is 0 Å². The van der Waals surface area contributed by atoms with Crippen molar-refractivity contribution in [1.82, 2.24) is 0 Å². The molecule has 0 bridgehead atoms. The zero-order valence-electron chi connectivity index (χ0n) is 29.3. The molecule has 0 amide bonds. The van der Waals surface area contributed by atoms with Gasteiger partial charge in [-0.1, -0.05) is 60.5 Å². The number of aliphatic hydroxyl groups is 2. The van der Waals surface area contributed by atoms with E-state index in [-0.39, 0.29) is 42.1 Å². The van der Waals surface area contributed by atoms with Gasteiger partial charge in [-0.3, -0.25) is 4.79 Å². The fourth-order valence-electron chi connectivity index (χ4n) is 8.08. The Kier molecular flexibility index (Phi) is 12.7. The summed E-state index contributed by atoms with van der Waals surface area (Å²) >= 11 is 1.74. The van der Waals surface area contributed by atoms with Crippen LogP contribution < -0.4 is 9.47 Å². The monoisotopic (exact) mass is 711 g/mol. The van der Waals surface area contributed by atoms with Gasteiger partial charge in [0.05, 0.1) is 23.5 Å². The molecule has 6 rings (SSSR count). The molecule has 2 aliphatic carbocycles. The van der Waals surface area contributed by atoms with Gasteiger partial charge in [-0.2, -0.15) is 0 Å². The number of rotatable bonds is 18. The number of hydrogen-bond acceptors (Lipinski definition) is 9. The summed E-state index contributed by atoms with van der Waals surface area (Å²) in [5, 5.41) is 24.2. The molecule has 3 aromatic rings. The number of carbonyl (C=O) groups excluding carboxylic acids is 1. The molecule has 0 spiro atoms. The molecule has 1 fully saturated rings. The predicted molar refractivity (Wildman–Crippen MR) is 201 cm³/mol. The third kappa shape index (κ3) is 8.12. The molecule has 8 nitrogen and oxygen atoms in total. The van der Waals surface area contributed by atoms with Crippen molar-refractivity contribution in [2.24, 2.45) is 22.9 Å². The SMILES string of the molecule is C=CCOC12Oc3ccc(Oc4cccc(C=O)c4)cc3C3C(CCCCO)C(CCCCO)C=C(C(=NOCC)CC1Sc1ccccc1)C32. The Hall–Kier alpha value is -3.89. The molecule has 0 aromatic heterocycles. The summed E-state index contributed by atoms with van der Waals surface area (Å²) in [6.45, 7) is 7.01. The largest absolute Gasteiger partial charge is 0.460 e. The highest BCUT2D eigenvalue weighted by molar-refractivity contribution is 8.00. The lowest BCUT2D eigenvalue weighted by atomic mass is 9.56. The first-order chi connectivity index (χ1) is 25.0. The van der Waals surface area contributed by atoms with Gasteiger partial charge in [-0.05, 0) is 92.5 Å². The third-order valence-corrected chi connectivity index (χ3v) is 11.5. The van der Waals surface area contributed by atoms with Crippen molar-refractivity contribution in [2.75, 3.05) is 26.4 Å². The highest BCUT2D eigenvalue weighted by Gasteiger charge is 2.64. The van der Waals surface area contributed by atoms with Gasteiger partial charge in [0.1, 0.15) is 30.1 Å². The molecule has 9 heteroatoms. The van der Waals surface area contributed by atoms with E-state index in [1.165, 1.54) is 0 Å². The average Bonchev–Trinajstić information content (AvgIpc) is 3.16. The molecule has 1 aliphatic heterocycles. The Labute approximate surface area is 305 Å². The van der Waals surface area contributed by atoms with E-state index in [1.54, 1.807) is 30.0 Å². The van der Waals surface area contributed by atoms with E-state index < -0.39 is 5.79 Å². The van der Waals surface area contributed by atoms with Gasteiger partial charge >= 0.3 is 0 Å². The van der Waals surface area contributed by atoms with Crippen molar-refractivity contribution in [3.63, 3.8) is 0 Å². The smallest absolute Gasteiger partial charge is 0.231 e. The number of carbonyl (C=O) groups is 1. The molecule has 1 heterocycles. The van der Waals surface area contributed by atoms with Crippen molar-refractivity contribution in [1.29, 1.82) is 0 Å². The minimum atomic E-state index is -1.06. The number of oxime groups is 1. The maximum Gasteiger partial charge on any atom is 0.231 e. The Balaban J connectivity index is 1.55. The summed E-state index contributed by atoms with van der Waals surface area (Å²) in [4.78, 5) is 18.4. The Morgan fingerprint density at radius 3 is 2.51 bits per heavy atom. The van der Waals surface area contributed by atoms with Crippen LogP contribution in [-0.4, -0.2) is 59.7 Å². The van der Waals surface area contributed by atoms with Crippen LogP contribution in [0.15, 0.2) is 107 Å². The molecule has 270 valence electrons. The lowest BCUT2D eigenvalue weighted by Crippen LogP contribution is -2.64. The molecular weight excluding hydrogens is 663 g/mol. The van der Waals surface area contributed by atoms with Gasteiger partial charge in [0.25, 0.3) is 0 Å². The molecule has 51 heavy (non-hydrogen) atoms. The number of hydrogen-bond donors (Lipinski definition) is 2. The van der Waals surface area contributed by atoms with Gasteiger partial charge in [0.15, 0.2) is 0 Å². The van der Waals surface area contributed by atoms with E-state index in [0.29, 0.717) is 36.7 Å². The van der Waals surface area contributed by atoms with E-state index in [4.69, 9.17) is 24.2 Å². The van der Waals surface area contributed by atoms with Crippen molar-refractivity contribution < 1.29 is 34.1 Å². The van der Waals surface area contributed by atoms with E-state index >= 15 is 0 Å². The molecule has 0 saturated heterocycles. The first-order valence-corrected chi connectivity index (χ1v) is 19.1. The molecule has 1 saturated carbocycles. The van der Waals surface area contributed by atoms with Crippen LogP contribution in [0.4, 0.5) is 0 Å². The van der Waals surface area contributed by atoms with Crippen molar-refractivity contribution in [3.05, 3.63) is 108 Å². The number of aliphatic hydroxyl groups excluding tert-OH is 2. The molecule has 0 radical (unpaired) electrons. The van der Waals surface area contributed by atoms with Crippen LogP contribution >= 0.6 is 11.8 Å². The second-order valence-electron chi connectivity index (χ2n) is 13.4. The number of unbranched alkanes of at least 4 members (excludes halogenated alkanes) is 2. The number of benzene rings is 3. The topological polar surface area (TPSA) is 107 Å². The number of thioether (sulfide) groups is 1. The summed E-state index contributed by atoms with van der Waals surface area (Å²) in [7, 11) is 0. The molecule has 6 atom stereocenters. The quantitative estimate of drug-likeness (QED) is 0.0584. The molecular formula is C42H49NO7S. The van der Waals surface area contributed by atoms with E-state index in [1.807, 2.05) is 49.4 Å². The minimum Gasteiger partial charge on any atom is -0.460 e. The van der Waals surface area contributed by atoms with Crippen LogP contribution in [0.1, 0.15) is 73.7 Å². The number of ether oxygens (including phenoxy) is 3. The maximum absolute atomic E-state index is 11.5. The Morgan fingerprint density at radius 2 is 1.76 bits per heavy atom. The van der Waals surface area contributed by atoms with Crippen molar-refractivity contribution >= 4 is 23.8 Å². The molecule has 2 N–H and O–H groups in total. The predicted octanol–water partition coefficient (Wildman–Crippen LogP) is 8.74. The first kappa shape index (κ1) is 36.9. The maximum atomic E-state index is 11.5. The molecule has 3 aromatic carbocycles. The Bertz CT molecular complexity index is 1690. The highest BCUT2D eigenvalue weighted by atomic mass is 32.2. The summed E-state index contributed by atoms with van der Waals surface area (Å²) in [6, 6.07) is 23.5. The van der Waals surface area contributed by atoms with Gasteiger partial charge in [-0.25, -0.2) is 0 Å². The van der Waals surface area contributed by atoms with Gasteiger partial charge < -0.3 is 29.3 Å². The van der Waals surface area contributed by atoms with Gasteiger partial charge in [0.2, 0.25) is 5.79 Å². The zero-order chi connectivity index (χ0) is 35.6. The van der Waals surface area contributed by atoms with Crippen LogP contribution in [0.3, 0.4) is 0 Å². The minimum absolute atomic E-state index is 0.0488. The van der Waals surface area contributed by atoms with Gasteiger partial charge in [-0.15, -0.1) is 18.3 Å². The zero-order valence-corrected chi connectivity index (χ0v) is 30.1. The number of nitrogens with zero attached hydrogens (tertiary/aromatic N) is 1. The van der Waals surface area contributed by atoms with Gasteiger partial charge in [0, 0.05) is 41.6 Å². The fraction of sp³-hybridized carbons (Fsp3) is 0.429. The second kappa shape index (κ2) is 17.6. The lowest BCUT2D eigenvalue weighted by Gasteiger charge is -2.58. The average molecular weight is 712 g/mol. The van der Waals surface area contributed by atoms with E-state index in [9.17, 15) is 15.0 Å². The normalized spacial score (nSPS) is 25.6. The van der Waals surface area contributed by atoms with E-state index in [2.05, 4.69) is 30.9 Å². The summed E-state index contributed by atoms with van der Waals surface area (Å²) in [5.74, 6) is 1.00. The fourth-order valence-corrected chi connectivity index (χ4v) is 9.39. The highest BCUT2D eigenvalue weighted by Crippen LogP contribution is 2.63. The van der Waals surface area contributed by atoms with Crippen LogP contribution in [0, 0.1) is 17.8 Å².